The van der Waals surface area contributed by atoms with Crippen LogP contribution < -0.4 is 10.2 Å². The van der Waals surface area contributed by atoms with E-state index in [0.717, 1.165) is 12.8 Å². The predicted molar refractivity (Wildman–Crippen MR) is 119 cm³/mol. The highest BCUT2D eigenvalue weighted by molar-refractivity contribution is 6.31. The van der Waals surface area contributed by atoms with Crippen LogP contribution in [0.1, 0.15) is 41.6 Å². The number of fused-ring (bicyclic) bond motifs is 1. The smallest absolute Gasteiger partial charge is 0.338 e. The molecule has 0 radical (unpaired) electrons. The maximum atomic E-state index is 12.8. The van der Waals surface area contributed by atoms with Gasteiger partial charge in [-0.2, -0.15) is 0 Å². The quantitative estimate of drug-likeness (QED) is 0.541. The van der Waals surface area contributed by atoms with Gasteiger partial charge in [0, 0.05) is 10.7 Å². The van der Waals surface area contributed by atoms with Crippen molar-refractivity contribution in [2.45, 2.75) is 32.6 Å². The van der Waals surface area contributed by atoms with Crippen molar-refractivity contribution in [3.05, 3.63) is 58.6 Å². The zero-order valence-corrected chi connectivity index (χ0v) is 18.4. The van der Waals surface area contributed by atoms with Gasteiger partial charge >= 0.3 is 5.97 Å². The molecule has 0 spiro atoms. The van der Waals surface area contributed by atoms with Crippen LogP contribution in [-0.4, -0.2) is 30.3 Å². The molecular weight excluding hydrogens is 432 g/mol. The minimum atomic E-state index is -0.721. The van der Waals surface area contributed by atoms with Crippen LogP contribution in [0.5, 0.6) is 0 Å². The molecule has 0 aromatic heterocycles. The average molecular weight is 455 g/mol. The average Bonchev–Trinajstić information content (AvgIpc) is 3.05. The van der Waals surface area contributed by atoms with E-state index < -0.39 is 18.5 Å². The summed E-state index contributed by atoms with van der Waals surface area (Å²) in [5, 5.41) is 3.17. The number of nitrogens with zero attached hydrogens (tertiary/aromatic N) is 1. The molecule has 32 heavy (non-hydrogen) atoms. The maximum Gasteiger partial charge on any atom is 0.338 e. The first-order chi connectivity index (χ1) is 15.4. The number of nitrogens with one attached hydrogen (secondary N) is 1. The van der Waals surface area contributed by atoms with Crippen molar-refractivity contribution < 1.29 is 23.9 Å². The Morgan fingerprint density at radius 3 is 2.41 bits per heavy atom. The zero-order valence-electron chi connectivity index (χ0n) is 17.6. The summed E-state index contributed by atoms with van der Waals surface area (Å²) in [6, 6.07) is 11.3. The van der Waals surface area contributed by atoms with Crippen molar-refractivity contribution in [3.8, 4) is 0 Å². The molecule has 2 aromatic rings. The zero-order chi connectivity index (χ0) is 22.8. The lowest BCUT2D eigenvalue weighted by molar-refractivity contribution is -0.122. The fraction of sp³-hybridized carbons (Fsp3) is 0.333. The summed E-state index contributed by atoms with van der Waals surface area (Å²) in [7, 11) is 0. The van der Waals surface area contributed by atoms with Gasteiger partial charge in [-0.1, -0.05) is 36.6 Å². The second kappa shape index (κ2) is 9.12. The number of amides is 3. The molecule has 1 aliphatic heterocycles. The fourth-order valence-corrected chi connectivity index (χ4v) is 4.51. The Morgan fingerprint density at radius 1 is 1.06 bits per heavy atom. The highest BCUT2D eigenvalue weighted by atomic mass is 35.5. The van der Waals surface area contributed by atoms with Crippen LogP contribution in [0.3, 0.4) is 0 Å². The third-order valence-electron chi connectivity index (χ3n) is 6.06. The molecule has 3 amide bonds. The largest absolute Gasteiger partial charge is 0.452 e. The molecular formula is C24H23ClN2O5. The van der Waals surface area contributed by atoms with Crippen LogP contribution in [0.15, 0.2) is 42.5 Å². The van der Waals surface area contributed by atoms with Gasteiger partial charge in [-0.25, -0.2) is 4.79 Å². The summed E-state index contributed by atoms with van der Waals surface area (Å²) in [4.78, 5) is 51.5. The first-order valence-electron chi connectivity index (χ1n) is 10.6. The van der Waals surface area contributed by atoms with Gasteiger partial charge in [-0.15, -0.1) is 0 Å². The van der Waals surface area contributed by atoms with Crippen molar-refractivity contribution in [3.63, 3.8) is 0 Å². The topological polar surface area (TPSA) is 92.8 Å². The fourth-order valence-electron chi connectivity index (χ4n) is 4.33. The number of esters is 1. The molecule has 1 heterocycles. The lowest BCUT2D eigenvalue weighted by Gasteiger charge is -2.19. The maximum absolute atomic E-state index is 12.8. The van der Waals surface area contributed by atoms with E-state index in [1.54, 1.807) is 37.3 Å². The second-order valence-electron chi connectivity index (χ2n) is 8.10. The van der Waals surface area contributed by atoms with Gasteiger partial charge in [0.15, 0.2) is 6.61 Å². The van der Waals surface area contributed by atoms with Crippen molar-refractivity contribution in [2.75, 3.05) is 16.8 Å². The minimum absolute atomic E-state index is 0.157. The molecule has 7 nitrogen and oxygen atoms in total. The molecule has 2 atom stereocenters. The van der Waals surface area contributed by atoms with Crippen LogP contribution in [-0.2, 0) is 19.1 Å². The van der Waals surface area contributed by atoms with Crippen molar-refractivity contribution in [1.82, 2.24) is 0 Å². The first kappa shape index (κ1) is 22.0. The molecule has 0 bridgehead atoms. The number of hydrogen-bond acceptors (Lipinski definition) is 5. The Morgan fingerprint density at radius 2 is 1.72 bits per heavy atom. The molecule has 2 fully saturated rings. The highest BCUT2D eigenvalue weighted by Gasteiger charge is 2.48. The van der Waals surface area contributed by atoms with Gasteiger partial charge in [0.1, 0.15) is 0 Å². The minimum Gasteiger partial charge on any atom is -0.452 e. The Balaban J connectivity index is 1.41. The van der Waals surface area contributed by atoms with Crippen LogP contribution in [0.2, 0.25) is 5.02 Å². The summed E-state index contributed by atoms with van der Waals surface area (Å²) < 4.78 is 5.13. The molecule has 166 valence electrons. The van der Waals surface area contributed by atoms with E-state index in [1.807, 2.05) is 0 Å². The Hall–Kier alpha value is -3.19. The Kier molecular flexibility index (Phi) is 6.28. The summed E-state index contributed by atoms with van der Waals surface area (Å²) in [5.41, 5.74) is 1.75. The monoisotopic (exact) mass is 454 g/mol. The summed E-state index contributed by atoms with van der Waals surface area (Å²) >= 11 is 6.05. The van der Waals surface area contributed by atoms with E-state index in [9.17, 15) is 19.2 Å². The molecule has 4 rings (SSSR count). The number of hydrogen-bond donors (Lipinski definition) is 1. The molecule has 8 heteroatoms. The second-order valence-corrected chi connectivity index (χ2v) is 8.50. The normalized spacial score (nSPS) is 20.1. The van der Waals surface area contributed by atoms with Crippen molar-refractivity contribution in [1.29, 1.82) is 0 Å². The molecule has 0 unspecified atom stereocenters. The van der Waals surface area contributed by atoms with E-state index in [0.29, 0.717) is 34.8 Å². The summed E-state index contributed by atoms with van der Waals surface area (Å²) in [6.45, 7) is 1.28. The van der Waals surface area contributed by atoms with E-state index in [1.165, 1.54) is 17.0 Å². The SMILES string of the molecule is Cc1c(Cl)cccc1NC(=O)COC(=O)c1cccc(N2C(=O)[C@H]3CCCC[C@H]3C2=O)c1. The molecule has 1 N–H and O–H groups in total. The van der Waals surface area contributed by atoms with Gasteiger partial charge in [0.05, 0.1) is 23.1 Å². The molecule has 1 aliphatic carbocycles. The number of benzene rings is 2. The molecule has 2 aromatic carbocycles. The van der Waals surface area contributed by atoms with E-state index in [-0.39, 0.29) is 29.2 Å². The number of ether oxygens (including phenoxy) is 1. The summed E-state index contributed by atoms with van der Waals surface area (Å²) in [5.74, 6) is -2.19. The van der Waals surface area contributed by atoms with Crippen molar-refractivity contribution in [2.24, 2.45) is 11.8 Å². The van der Waals surface area contributed by atoms with Gasteiger partial charge < -0.3 is 10.1 Å². The number of carbonyl (C=O) groups excluding carboxylic acids is 4. The number of halogens is 1. The van der Waals surface area contributed by atoms with Crippen molar-refractivity contribution >= 4 is 46.7 Å². The molecule has 2 aliphatic rings. The van der Waals surface area contributed by atoms with Gasteiger partial charge in [0.25, 0.3) is 5.91 Å². The molecule has 1 saturated heterocycles. The predicted octanol–water partition coefficient (Wildman–Crippen LogP) is 4.12. The third kappa shape index (κ3) is 4.25. The number of imide groups is 1. The number of rotatable bonds is 5. The van der Waals surface area contributed by atoms with Crippen LogP contribution in [0.4, 0.5) is 11.4 Å². The first-order valence-corrected chi connectivity index (χ1v) is 10.9. The highest BCUT2D eigenvalue weighted by Crippen LogP contribution is 2.40. The number of anilines is 2. The van der Waals surface area contributed by atoms with E-state index in [2.05, 4.69) is 5.32 Å². The lowest BCUT2D eigenvalue weighted by Crippen LogP contribution is -2.31. The van der Waals surface area contributed by atoms with Crippen LogP contribution in [0.25, 0.3) is 0 Å². The summed E-state index contributed by atoms with van der Waals surface area (Å²) in [6.07, 6.45) is 3.32. The van der Waals surface area contributed by atoms with Gasteiger partial charge in [-0.05, 0) is 55.7 Å². The Bertz CT molecular complexity index is 1080. The Labute approximate surface area is 190 Å². The van der Waals surface area contributed by atoms with Crippen LogP contribution in [0, 0.1) is 18.8 Å². The van der Waals surface area contributed by atoms with E-state index >= 15 is 0 Å². The van der Waals surface area contributed by atoms with E-state index in [4.69, 9.17) is 16.3 Å². The molecule has 1 saturated carbocycles. The van der Waals surface area contributed by atoms with Gasteiger partial charge in [0.2, 0.25) is 11.8 Å². The van der Waals surface area contributed by atoms with Gasteiger partial charge in [-0.3, -0.25) is 19.3 Å². The standard InChI is InChI=1S/C24H23ClN2O5/c1-14-19(25)10-5-11-20(14)26-21(28)13-32-24(31)15-6-4-7-16(12-15)27-22(29)17-8-2-3-9-18(17)23(27)30/h4-7,10-12,17-18H,2-3,8-9,13H2,1H3,(H,26,28)/t17-,18+. The number of carbonyl (C=O) groups is 4. The van der Waals surface area contributed by atoms with Crippen LogP contribution >= 0.6 is 11.6 Å². The third-order valence-corrected chi connectivity index (χ3v) is 6.47. The lowest BCUT2D eigenvalue weighted by atomic mass is 9.81.